The first-order chi connectivity index (χ1) is 14.8. The van der Waals surface area contributed by atoms with Crippen LogP contribution in [-0.2, 0) is 11.2 Å². The van der Waals surface area contributed by atoms with E-state index in [0.29, 0.717) is 27.0 Å². The summed E-state index contributed by atoms with van der Waals surface area (Å²) in [6.45, 7) is 1.48. The van der Waals surface area contributed by atoms with Gasteiger partial charge in [0, 0.05) is 5.69 Å². The summed E-state index contributed by atoms with van der Waals surface area (Å²) < 4.78 is 5.33. The van der Waals surface area contributed by atoms with Gasteiger partial charge < -0.3 is 10.1 Å². The monoisotopic (exact) mass is 459 g/mol. The number of pyridine rings is 1. The molecule has 158 valence electrons. The number of para-hydroxylation sites is 2. The summed E-state index contributed by atoms with van der Waals surface area (Å²) in [5.74, 6) is -1.82. The van der Waals surface area contributed by atoms with Crippen LogP contribution in [0.2, 0.25) is 10.0 Å². The lowest BCUT2D eigenvalue weighted by molar-refractivity contribution is -0.375. The van der Waals surface area contributed by atoms with Crippen molar-refractivity contribution in [3.63, 3.8) is 0 Å². The molecule has 0 aliphatic heterocycles. The first-order valence-corrected chi connectivity index (χ1v) is 9.68. The van der Waals surface area contributed by atoms with Crippen molar-refractivity contribution in [3.05, 3.63) is 91.7 Å². The summed E-state index contributed by atoms with van der Waals surface area (Å²) in [5.41, 5.74) is 1.60. The maximum Gasteiger partial charge on any atom is 0.494 e. The average molecular weight is 460 g/mol. The maximum atomic E-state index is 12.5. The number of halogens is 2. The van der Waals surface area contributed by atoms with Gasteiger partial charge >= 0.3 is 11.9 Å². The summed E-state index contributed by atoms with van der Waals surface area (Å²) in [4.78, 5) is 37.3. The minimum absolute atomic E-state index is 0.0831. The van der Waals surface area contributed by atoms with Crippen molar-refractivity contribution in [2.24, 2.45) is 0 Å². The highest BCUT2D eigenvalue weighted by Gasteiger charge is 2.22. The number of benzene rings is 2. The molecule has 0 unspecified atom stereocenters. The third-order valence-electron chi connectivity index (χ3n) is 4.22. The number of esters is 1. The van der Waals surface area contributed by atoms with Crippen molar-refractivity contribution < 1.29 is 19.2 Å². The quantitative estimate of drug-likeness (QED) is 0.313. The van der Waals surface area contributed by atoms with Gasteiger partial charge in [-0.1, -0.05) is 47.5 Å². The predicted octanol–water partition coefficient (Wildman–Crippen LogP) is 5.01. The highest BCUT2D eigenvalue weighted by molar-refractivity contribution is 6.39. The van der Waals surface area contributed by atoms with Gasteiger partial charge in [0.2, 0.25) is 0 Å². The molecule has 1 amide bonds. The smallest absolute Gasteiger partial charge is 0.424 e. The van der Waals surface area contributed by atoms with E-state index in [4.69, 9.17) is 27.9 Å². The summed E-state index contributed by atoms with van der Waals surface area (Å²) in [5, 5.41) is 14.6. The molecule has 1 aromatic heterocycles. The second kappa shape index (κ2) is 9.55. The number of nitro groups is 1. The van der Waals surface area contributed by atoms with Gasteiger partial charge in [-0.25, -0.2) is 9.78 Å². The van der Waals surface area contributed by atoms with Gasteiger partial charge in [0.05, 0.1) is 27.8 Å². The molecule has 3 aromatic rings. The standard InChI is InChI=1S/C21H15Cl2N3O5/c1-12-18(10-9-17(24-12)21(28)26(29)30)31-19(27)11-13-5-2-3-8-16(13)25-20-14(22)6-4-7-15(20)23/h2-10,25H,11H2,1H3. The van der Waals surface area contributed by atoms with Crippen LogP contribution in [-0.4, -0.2) is 21.8 Å². The number of hydrogen-bond acceptors (Lipinski definition) is 7. The predicted molar refractivity (Wildman–Crippen MR) is 116 cm³/mol. The second-order valence-corrected chi connectivity index (χ2v) is 7.19. The van der Waals surface area contributed by atoms with E-state index in [-0.39, 0.29) is 23.6 Å². The summed E-state index contributed by atoms with van der Waals surface area (Å²) in [6, 6.07) is 14.6. The van der Waals surface area contributed by atoms with Crippen LogP contribution in [0.15, 0.2) is 54.6 Å². The van der Waals surface area contributed by atoms with Gasteiger partial charge in [-0.3, -0.25) is 14.9 Å². The van der Waals surface area contributed by atoms with Crippen molar-refractivity contribution in [2.75, 3.05) is 5.32 Å². The molecule has 0 saturated carbocycles. The van der Waals surface area contributed by atoms with E-state index >= 15 is 0 Å². The maximum absolute atomic E-state index is 12.5. The van der Waals surface area contributed by atoms with Crippen LogP contribution in [0.4, 0.5) is 11.4 Å². The lowest BCUT2D eigenvalue weighted by atomic mass is 10.1. The Balaban J connectivity index is 1.76. The number of ether oxygens (including phenoxy) is 1. The number of nitrogens with zero attached hydrogens (tertiary/aromatic N) is 2. The van der Waals surface area contributed by atoms with Crippen molar-refractivity contribution in [1.82, 2.24) is 4.98 Å². The van der Waals surface area contributed by atoms with E-state index in [9.17, 15) is 19.7 Å². The Morgan fingerprint density at radius 3 is 2.39 bits per heavy atom. The van der Waals surface area contributed by atoms with E-state index in [1.807, 2.05) is 0 Å². The van der Waals surface area contributed by atoms with E-state index in [1.165, 1.54) is 13.0 Å². The van der Waals surface area contributed by atoms with Crippen LogP contribution in [0.1, 0.15) is 21.7 Å². The minimum Gasteiger partial charge on any atom is -0.424 e. The number of hydrogen-bond donors (Lipinski definition) is 1. The molecule has 0 saturated heterocycles. The van der Waals surface area contributed by atoms with E-state index in [1.54, 1.807) is 42.5 Å². The van der Waals surface area contributed by atoms with Crippen LogP contribution in [0, 0.1) is 17.0 Å². The molecule has 0 bridgehead atoms. The SMILES string of the molecule is Cc1nc(C(=O)[N+](=O)[O-])ccc1OC(=O)Cc1ccccc1Nc1c(Cl)cccc1Cl. The van der Waals surface area contributed by atoms with E-state index < -0.39 is 16.8 Å². The fraction of sp³-hybridized carbons (Fsp3) is 0.0952. The fourth-order valence-corrected chi connectivity index (χ4v) is 3.22. The van der Waals surface area contributed by atoms with Gasteiger partial charge in [-0.2, -0.15) is 0 Å². The zero-order valence-electron chi connectivity index (χ0n) is 16.1. The number of aryl methyl sites for hydroxylation is 1. The van der Waals surface area contributed by atoms with Gasteiger partial charge in [0.15, 0.2) is 11.4 Å². The molecule has 2 aromatic carbocycles. The lowest BCUT2D eigenvalue weighted by Gasteiger charge is -2.14. The first-order valence-electron chi connectivity index (χ1n) is 8.92. The van der Waals surface area contributed by atoms with Gasteiger partial charge in [0.1, 0.15) is 4.92 Å². The lowest BCUT2D eigenvalue weighted by Crippen LogP contribution is -2.16. The zero-order valence-corrected chi connectivity index (χ0v) is 17.6. The van der Waals surface area contributed by atoms with Gasteiger partial charge in [-0.15, -0.1) is 0 Å². The molecule has 0 fully saturated rings. The van der Waals surface area contributed by atoms with Crippen molar-refractivity contribution in [2.45, 2.75) is 13.3 Å². The number of rotatable bonds is 6. The molecule has 0 aliphatic rings. The van der Waals surface area contributed by atoms with Crippen LogP contribution in [0.25, 0.3) is 0 Å². The molecule has 10 heteroatoms. The van der Waals surface area contributed by atoms with Crippen molar-refractivity contribution >= 4 is 46.5 Å². The van der Waals surface area contributed by atoms with Gasteiger partial charge in [0.25, 0.3) is 0 Å². The van der Waals surface area contributed by atoms with Crippen LogP contribution in [0.3, 0.4) is 0 Å². The van der Waals surface area contributed by atoms with Gasteiger partial charge in [-0.05, 0) is 42.8 Å². The highest BCUT2D eigenvalue weighted by atomic mass is 35.5. The molecular formula is C21H15Cl2N3O5. The molecule has 1 heterocycles. The Morgan fingerprint density at radius 2 is 1.74 bits per heavy atom. The molecule has 31 heavy (non-hydrogen) atoms. The zero-order chi connectivity index (χ0) is 22.5. The molecule has 0 aliphatic carbocycles. The Kier molecular flexibility index (Phi) is 6.84. The van der Waals surface area contributed by atoms with Crippen LogP contribution < -0.4 is 10.1 Å². The largest absolute Gasteiger partial charge is 0.494 e. The Labute approximate surface area is 186 Å². The first kappa shape index (κ1) is 22.2. The molecule has 0 atom stereocenters. The highest BCUT2D eigenvalue weighted by Crippen LogP contribution is 2.33. The molecule has 0 spiro atoms. The number of carbonyl (C=O) groups is 2. The number of anilines is 2. The normalized spacial score (nSPS) is 10.4. The topological polar surface area (TPSA) is 111 Å². The third-order valence-corrected chi connectivity index (χ3v) is 4.85. The fourth-order valence-electron chi connectivity index (χ4n) is 2.73. The third kappa shape index (κ3) is 5.36. The van der Waals surface area contributed by atoms with Crippen molar-refractivity contribution in [1.29, 1.82) is 0 Å². The van der Waals surface area contributed by atoms with E-state index in [0.717, 1.165) is 6.07 Å². The van der Waals surface area contributed by atoms with Crippen molar-refractivity contribution in [3.8, 4) is 5.75 Å². The molecule has 1 N–H and O–H groups in total. The summed E-state index contributed by atoms with van der Waals surface area (Å²) in [7, 11) is 0. The van der Waals surface area contributed by atoms with Crippen LogP contribution >= 0.6 is 23.2 Å². The summed E-state index contributed by atoms with van der Waals surface area (Å²) >= 11 is 12.4. The number of nitrogens with one attached hydrogen (secondary N) is 1. The summed E-state index contributed by atoms with van der Waals surface area (Å²) in [6.07, 6.45) is -0.0831. The molecule has 3 rings (SSSR count). The number of amides is 1. The number of carbonyl (C=O) groups excluding carboxylic acids is 2. The minimum atomic E-state index is -1.33. The Bertz CT molecular complexity index is 1160. The molecular weight excluding hydrogens is 445 g/mol. The Hall–Kier alpha value is -3.49. The second-order valence-electron chi connectivity index (χ2n) is 6.37. The molecule has 0 radical (unpaired) electrons. The average Bonchev–Trinajstić information content (AvgIpc) is 2.73. The number of aromatic nitrogens is 1. The Morgan fingerprint density at radius 1 is 1.06 bits per heavy atom. The molecule has 8 nitrogen and oxygen atoms in total. The van der Waals surface area contributed by atoms with Crippen LogP contribution in [0.5, 0.6) is 5.75 Å². The van der Waals surface area contributed by atoms with E-state index in [2.05, 4.69) is 10.3 Å².